The number of aromatic hydroxyl groups is 1. The van der Waals surface area contributed by atoms with E-state index in [4.69, 9.17) is 4.74 Å². The molecular weight excluding hydrogens is 698 g/mol. The molecular formula is C44H46FN5O5. The second-order valence-electron chi connectivity index (χ2n) is 15.7. The van der Waals surface area contributed by atoms with E-state index in [-0.39, 0.29) is 48.8 Å². The van der Waals surface area contributed by atoms with Crippen LogP contribution in [0.25, 0.3) is 0 Å². The zero-order valence-electron chi connectivity index (χ0n) is 30.8. The minimum atomic E-state index is -0.716. The van der Waals surface area contributed by atoms with E-state index in [1.807, 2.05) is 12.1 Å². The maximum atomic E-state index is 15.5. The van der Waals surface area contributed by atoms with Crippen LogP contribution in [0.2, 0.25) is 0 Å². The van der Waals surface area contributed by atoms with E-state index >= 15 is 4.39 Å². The summed E-state index contributed by atoms with van der Waals surface area (Å²) in [6.07, 6.45) is 2.70. The summed E-state index contributed by atoms with van der Waals surface area (Å²) in [6, 6.07) is 27.4. The molecule has 1 unspecified atom stereocenters. The Hall–Kier alpha value is -5.42. The Bertz CT molecular complexity index is 2100. The zero-order valence-corrected chi connectivity index (χ0v) is 30.8. The number of rotatable bonds is 7. The smallest absolute Gasteiger partial charge is 0.255 e. The number of imide groups is 1. The van der Waals surface area contributed by atoms with E-state index < -0.39 is 17.8 Å². The van der Waals surface area contributed by atoms with Crippen molar-refractivity contribution in [3.8, 4) is 11.5 Å². The summed E-state index contributed by atoms with van der Waals surface area (Å²) in [5.41, 5.74) is 6.35. The zero-order chi connectivity index (χ0) is 37.6. The average Bonchev–Trinajstić information content (AvgIpc) is 3.52. The van der Waals surface area contributed by atoms with Gasteiger partial charge in [0.2, 0.25) is 11.8 Å². The number of benzene rings is 4. The van der Waals surface area contributed by atoms with Gasteiger partial charge in [0.1, 0.15) is 23.4 Å². The molecule has 0 aliphatic carbocycles. The average molecular weight is 744 g/mol. The number of nitrogens with one attached hydrogen (secondary N) is 1. The summed E-state index contributed by atoms with van der Waals surface area (Å²) in [7, 11) is 0. The number of piperidine rings is 2. The Balaban J connectivity index is 0.790. The van der Waals surface area contributed by atoms with Crippen molar-refractivity contribution in [3.63, 3.8) is 0 Å². The minimum absolute atomic E-state index is 0.116. The molecule has 3 saturated heterocycles. The lowest BCUT2D eigenvalue weighted by molar-refractivity contribution is -0.136. The summed E-state index contributed by atoms with van der Waals surface area (Å²) >= 11 is 0. The number of anilines is 2. The van der Waals surface area contributed by atoms with E-state index in [9.17, 15) is 19.5 Å². The molecule has 5 heterocycles. The van der Waals surface area contributed by atoms with Gasteiger partial charge in [-0.15, -0.1) is 0 Å². The van der Waals surface area contributed by atoms with Crippen LogP contribution in [0.15, 0.2) is 84.9 Å². The second-order valence-corrected chi connectivity index (χ2v) is 15.7. The van der Waals surface area contributed by atoms with Crippen LogP contribution in [0, 0.1) is 11.7 Å². The standard InChI is InChI=1S/C44H46FN5O5/c45-37-24-35-31(26-50(44(35)54)38-12-13-41(52)46-43(38)53)22-39(37)49-20-18-47(19-21-49)25-28-14-16-48(17-15-28)32-8-6-30(7-9-32)42-34-11-10-33(51)23-40(34)55-27-36(42)29-4-2-1-3-5-29/h1-11,22-24,28,36,38,42,51H,12-21,25-27H2,(H,46,52,53)/t36-,38+,42?/m1/s1. The third-order valence-electron chi connectivity index (χ3n) is 12.4. The lowest BCUT2D eigenvalue weighted by Gasteiger charge is -2.40. The van der Waals surface area contributed by atoms with Crippen molar-refractivity contribution < 1.29 is 28.6 Å². The molecule has 4 aromatic rings. The van der Waals surface area contributed by atoms with Crippen LogP contribution in [0.5, 0.6) is 11.5 Å². The number of fused-ring (bicyclic) bond motifs is 2. The minimum Gasteiger partial charge on any atom is -0.508 e. The maximum absolute atomic E-state index is 15.5. The van der Waals surface area contributed by atoms with Crippen molar-refractivity contribution in [2.24, 2.45) is 5.92 Å². The summed E-state index contributed by atoms with van der Waals surface area (Å²) < 4.78 is 21.6. The number of phenols is 1. The van der Waals surface area contributed by atoms with E-state index in [0.29, 0.717) is 36.9 Å². The van der Waals surface area contributed by atoms with Crippen molar-refractivity contribution in [1.29, 1.82) is 0 Å². The third kappa shape index (κ3) is 6.90. The number of hydrogen-bond acceptors (Lipinski definition) is 8. The number of phenolic OH excluding ortho intramolecular Hbond substituents is 1. The summed E-state index contributed by atoms with van der Waals surface area (Å²) in [5.74, 6) is 0.274. The fourth-order valence-electron chi connectivity index (χ4n) is 9.42. The molecule has 9 rings (SSSR count). The van der Waals surface area contributed by atoms with E-state index in [1.165, 1.54) is 27.8 Å². The Morgan fingerprint density at radius 1 is 0.800 bits per heavy atom. The number of hydrogen-bond donors (Lipinski definition) is 2. The predicted octanol–water partition coefficient (Wildman–Crippen LogP) is 5.64. The molecule has 0 bridgehead atoms. The van der Waals surface area contributed by atoms with Gasteiger partial charge in [-0.05, 0) is 72.2 Å². The number of amides is 3. The van der Waals surface area contributed by atoms with Crippen LogP contribution in [-0.4, -0.2) is 91.1 Å². The van der Waals surface area contributed by atoms with Crippen molar-refractivity contribution in [2.45, 2.75) is 50.1 Å². The van der Waals surface area contributed by atoms with Gasteiger partial charge in [0, 0.05) is 93.5 Å². The monoisotopic (exact) mass is 743 g/mol. The molecule has 3 fully saturated rings. The second kappa shape index (κ2) is 14.7. The fourth-order valence-corrected chi connectivity index (χ4v) is 9.42. The van der Waals surface area contributed by atoms with Gasteiger partial charge in [-0.1, -0.05) is 48.5 Å². The molecule has 55 heavy (non-hydrogen) atoms. The number of nitrogens with zero attached hydrogens (tertiary/aromatic N) is 4. The summed E-state index contributed by atoms with van der Waals surface area (Å²) in [6.45, 7) is 6.93. The van der Waals surface area contributed by atoms with Crippen molar-refractivity contribution in [1.82, 2.24) is 15.1 Å². The molecule has 3 amide bonds. The van der Waals surface area contributed by atoms with Crippen LogP contribution in [0.4, 0.5) is 15.8 Å². The highest BCUT2D eigenvalue weighted by atomic mass is 19.1. The van der Waals surface area contributed by atoms with Crippen LogP contribution >= 0.6 is 0 Å². The molecule has 11 heteroatoms. The molecule has 0 spiro atoms. The Labute approximate surface area is 320 Å². The lowest BCUT2D eigenvalue weighted by Crippen LogP contribution is -2.52. The van der Waals surface area contributed by atoms with Gasteiger partial charge in [-0.25, -0.2) is 4.39 Å². The molecule has 2 N–H and O–H groups in total. The molecule has 0 radical (unpaired) electrons. The molecule has 5 aliphatic heterocycles. The van der Waals surface area contributed by atoms with Gasteiger partial charge in [0.05, 0.1) is 12.3 Å². The van der Waals surface area contributed by atoms with Gasteiger partial charge in [-0.2, -0.15) is 0 Å². The topological polar surface area (TPSA) is 106 Å². The van der Waals surface area contributed by atoms with Gasteiger partial charge in [-0.3, -0.25) is 24.6 Å². The lowest BCUT2D eigenvalue weighted by atomic mass is 9.76. The Morgan fingerprint density at radius 2 is 1.56 bits per heavy atom. The molecule has 0 aromatic heterocycles. The highest BCUT2D eigenvalue weighted by Crippen LogP contribution is 2.47. The Kier molecular flexibility index (Phi) is 9.41. The first-order chi connectivity index (χ1) is 26.8. The number of carbonyl (C=O) groups excluding carboxylic acids is 3. The summed E-state index contributed by atoms with van der Waals surface area (Å²) in [5, 5.41) is 12.5. The highest BCUT2D eigenvalue weighted by Gasteiger charge is 2.40. The molecule has 10 nitrogen and oxygen atoms in total. The number of halogens is 1. The van der Waals surface area contributed by atoms with Gasteiger partial charge in [0.15, 0.2) is 0 Å². The van der Waals surface area contributed by atoms with Crippen LogP contribution < -0.4 is 19.9 Å². The van der Waals surface area contributed by atoms with Crippen LogP contribution in [0.1, 0.15) is 70.1 Å². The van der Waals surface area contributed by atoms with Gasteiger partial charge < -0.3 is 24.5 Å². The third-order valence-corrected chi connectivity index (χ3v) is 12.4. The first-order valence-corrected chi connectivity index (χ1v) is 19.6. The quantitative estimate of drug-likeness (QED) is 0.235. The summed E-state index contributed by atoms with van der Waals surface area (Å²) in [4.78, 5) is 45.7. The maximum Gasteiger partial charge on any atom is 0.255 e. The molecule has 284 valence electrons. The number of ether oxygens (including phenoxy) is 1. The van der Waals surface area contributed by atoms with Crippen molar-refractivity contribution in [3.05, 3.63) is 119 Å². The first-order valence-electron chi connectivity index (χ1n) is 19.6. The molecule has 4 aromatic carbocycles. The number of carbonyl (C=O) groups is 3. The highest BCUT2D eigenvalue weighted by molar-refractivity contribution is 6.05. The van der Waals surface area contributed by atoms with Gasteiger partial charge in [0.25, 0.3) is 5.91 Å². The molecule has 5 aliphatic rings. The number of piperazine rings is 1. The molecule has 0 saturated carbocycles. The SMILES string of the molecule is O=C1CC[C@H](N2Cc3cc(N4CCN(CC5CCN(c6ccc(C7c8ccc(O)cc8OC[C@@H]7c7ccccc7)cc6)CC5)CC4)c(F)cc3C2=O)C(=O)N1. The van der Waals surface area contributed by atoms with Crippen molar-refractivity contribution >= 4 is 29.1 Å². The molecule has 3 atom stereocenters. The largest absolute Gasteiger partial charge is 0.508 e. The van der Waals surface area contributed by atoms with Crippen LogP contribution in [0.3, 0.4) is 0 Å². The van der Waals surface area contributed by atoms with E-state index in [1.54, 1.807) is 18.2 Å². The Morgan fingerprint density at radius 3 is 2.31 bits per heavy atom. The fraction of sp³-hybridized carbons (Fsp3) is 0.386. The van der Waals surface area contributed by atoms with Gasteiger partial charge >= 0.3 is 0 Å². The van der Waals surface area contributed by atoms with Crippen LogP contribution in [-0.2, 0) is 16.1 Å². The normalized spacial score (nSPS) is 23.3. The first kappa shape index (κ1) is 35.3. The predicted molar refractivity (Wildman–Crippen MR) is 207 cm³/mol. The van der Waals surface area contributed by atoms with E-state index in [0.717, 1.165) is 62.4 Å². The van der Waals surface area contributed by atoms with Crippen molar-refractivity contribution in [2.75, 3.05) is 62.2 Å². The van der Waals surface area contributed by atoms with E-state index in [2.05, 4.69) is 68.5 Å².